The van der Waals surface area contributed by atoms with Gasteiger partial charge in [-0.05, 0) is 80.9 Å². The summed E-state index contributed by atoms with van der Waals surface area (Å²) in [6.45, 7) is 4.71. The second-order valence-electron chi connectivity index (χ2n) is 8.04. The third-order valence-electron chi connectivity index (χ3n) is 6.23. The molecule has 24 heavy (non-hydrogen) atoms. The highest BCUT2D eigenvalue weighted by atomic mass is 19.1. The van der Waals surface area contributed by atoms with E-state index in [1.54, 1.807) is 0 Å². The maximum absolute atomic E-state index is 13.6. The van der Waals surface area contributed by atoms with E-state index in [2.05, 4.69) is 6.92 Å². The fourth-order valence-electron chi connectivity index (χ4n) is 4.35. The van der Waals surface area contributed by atoms with Crippen LogP contribution in [0.15, 0.2) is 12.1 Å². The van der Waals surface area contributed by atoms with E-state index in [0.717, 1.165) is 42.8 Å². The van der Waals surface area contributed by atoms with Gasteiger partial charge in [0.25, 0.3) is 0 Å². The minimum atomic E-state index is -0.443. The molecule has 1 aromatic carbocycles. The van der Waals surface area contributed by atoms with Crippen molar-refractivity contribution in [3.8, 4) is 0 Å². The van der Waals surface area contributed by atoms with Crippen LogP contribution in [0.25, 0.3) is 0 Å². The molecule has 2 fully saturated rings. The molecule has 0 N–H and O–H groups in total. The lowest BCUT2D eigenvalue weighted by Gasteiger charge is -2.37. The minimum absolute atomic E-state index is 0.109. The predicted molar refractivity (Wildman–Crippen MR) is 93.0 cm³/mol. The number of hydrogen-bond acceptors (Lipinski definition) is 1. The van der Waals surface area contributed by atoms with E-state index < -0.39 is 11.6 Å². The van der Waals surface area contributed by atoms with Crippen LogP contribution in [0, 0.1) is 36.3 Å². The van der Waals surface area contributed by atoms with E-state index >= 15 is 0 Å². The van der Waals surface area contributed by atoms with Crippen LogP contribution >= 0.6 is 0 Å². The van der Waals surface area contributed by atoms with Crippen LogP contribution in [0.4, 0.5) is 8.78 Å². The van der Waals surface area contributed by atoms with Gasteiger partial charge in [0.1, 0.15) is 11.6 Å². The topological polar surface area (TPSA) is 9.23 Å². The number of halogens is 2. The van der Waals surface area contributed by atoms with E-state index in [9.17, 15) is 8.78 Å². The molecule has 0 radical (unpaired) electrons. The van der Waals surface area contributed by atoms with Crippen molar-refractivity contribution in [2.75, 3.05) is 6.61 Å². The summed E-state index contributed by atoms with van der Waals surface area (Å²) in [6, 6.07) is 2.93. The molecule has 0 amide bonds. The molecule has 1 aliphatic heterocycles. The smallest absolute Gasteiger partial charge is 0.129 e. The number of ether oxygens (including phenoxy) is 1. The lowest BCUT2D eigenvalue weighted by molar-refractivity contribution is -0.0413. The maximum Gasteiger partial charge on any atom is 0.129 e. The summed E-state index contributed by atoms with van der Waals surface area (Å²) < 4.78 is 33.3. The molecule has 1 aliphatic carbocycles. The lowest BCUT2D eigenvalue weighted by Crippen LogP contribution is -2.32. The molecule has 1 heterocycles. The minimum Gasteiger partial charge on any atom is -0.378 e. The largest absolute Gasteiger partial charge is 0.378 e. The second-order valence-corrected chi connectivity index (χ2v) is 8.04. The van der Waals surface area contributed by atoms with Gasteiger partial charge in [-0.2, -0.15) is 0 Å². The molecule has 134 valence electrons. The summed E-state index contributed by atoms with van der Waals surface area (Å²) in [5.41, 5.74) is 0.847. The molecule has 1 saturated carbocycles. The Morgan fingerprint density at radius 1 is 0.958 bits per heavy atom. The van der Waals surface area contributed by atoms with E-state index in [1.807, 2.05) is 0 Å². The summed E-state index contributed by atoms with van der Waals surface area (Å²) >= 11 is 0. The van der Waals surface area contributed by atoms with Crippen molar-refractivity contribution >= 4 is 0 Å². The first-order valence-corrected chi connectivity index (χ1v) is 9.59. The van der Waals surface area contributed by atoms with Crippen LogP contribution in [0.2, 0.25) is 0 Å². The van der Waals surface area contributed by atoms with Crippen molar-refractivity contribution in [1.82, 2.24) is 0 Å². The molecule has 0 aromatic heterocycles. The Kier molecular flexibility index (Phi) is 5.91. The van der Waals surface area contributed by atoms with Gasteiger partial charge in [-0.1, -0.05) is 19.8 Å². The molecule has 1 saturated heterocycles. The fraction of sp³-hybridized carbons (Fsp3) is 0.714. The van der Waals surface area contributed by atoms with Crippen LogP contribution in [0.3, 0.4) is 0 Å². The zero-order valence-electron chi connectivity index (χ0n) is 15.0. The first-order valence-electron chi connectivity index (χ1n) is 9.59. The van der Waals surface area contributed by atoms with Gasteiger partial charge in [0.15, 0.2) is 0 Å². The van der Waals surface area contributed by atoms with Gasteiger partial charge in [0.2, 0.25) is 0 Å². The highest BCUT2D eigenvalue weighted by Gasteiger charge is 2.30. The number of hydrogen-bond donors (Lipinski definition) is 0. The molecule has 2 aliphatic rings. The summed E-state index contributed by atoms with van der Waals surface area (Å²) in [7, 11) is 0. The summed E-state index contributed by atoms with van der Waals surface area (Å²) in [6.07, 6.45) is 9.60. The molecule has 1 aromatic rings. The molecule has 1 nitrogen and oxygen atoms in total. The zero-order valence-corrected chi connectivity index (χ0v) is 15.0. The third kappa shape index (κ3) is 4.36. The summed E-state index contributed by atoms with van der Waals surface area (Å²) in [5, 5.41) is 0. The monoisotopic (exact) mass is 336 g/mol. The number of aryl methyl sites for hydroxylation is 1. The van der Waals surface area contributed by atoms with Gasteiger partial charge in [-0.3, -0.25) is 0 Å². The molecule has 2 unspecified atom stereocenters. The molecule has 0 spiro atoms. The average molecular weight is 336 g/mol. The Bertz CT molecular complexity index is 518. The van der Waals surface area contributed by atoms with Gasteiger partial charge in [0, 0.05) is 5.56 Å². The number of benzene rings is 1. The normalized spacial score (nSPS) is 31.2. The first kappa shape index (κ1) is 17.8. The van der Waals surface area contributed by atoms with Crippen LogP contribution in [0.5, 0.6) is 0 Å². The molecule has 0 bridgehead atoms. The Morgan fingerprint density at radius 3 is 2.17 bits per heavy atom. The Labute approximate surface area is 144 Å². The fourth-order valence-corrected chi connectivity index (χ4v) is 4.35. The van der Waals surface area contributed by atoms with Crippen molar-refractivity contribution in [1.29, 1.82) is 0 Å². The summed E-state index contributed by atoms with van der Waals surface area (Å²) in [5.74, 6) is 1.58. The Morgan fingerprint density at radius 2 is 1.58 bits per heavy atom. The first-order chi connectivity index (χ1) is 11.5. The molecule has 3 heteroatoms. The standard InChI is InChI=1S/C21H30F2O/c1-14-3-6-17(7-4-14)18-8-10-19(24-13-18)9-5-16-11-20(22)15(2)21(23)12-16/h11-12,14,17-19H,3-10,13H2,1-2H3. The average Bonchev–Trinajstić information content (AvgIpc) is 2.59. The quantitative estimate of drug-likeness (QED) is 0.672. The van der Waals surface area contributed by atoms with Crippen molar-refractivity contribution in [2.24, 2.45) is 17.8 Å². The molecule has 2 atom stereocenters. The maximum atomic E-state index is 13.6. The van der Waals surface area contributed by atoms with Crippen molar-refractivity contribution < 1.29 is 13.5 Å². The highest BCUT2D eigenvalue weighted by molar-refractivity contribution is 5.25. The van der Waals surface area contributed by atoms with E-state index in [4.69, 9.17) is 4.74 Å². The van der Waals surface area contributed by atoms with Gasteiger partial charge < -0.3 is 4.74 Å². The SMILES string of the molecule is Cc1c(F)cc(CCC2CCC(C3CCC(C)CC3)CO2)cc1F. The van der Waals surface area contributed by atoms with Gasteiger partial charge in [-0.25, -0.2) is 8.78 Å². The van der Waals surface area contributed by atoms with E-state index in [-0.39, 0.29) is 11.7 Å². The number of rotatable bonds is 4. The molecule has 3 rings (SSSR count). The zero-order chi connectivity index (χ0) is 17.1. The van der Waals surface area contributed by atoms with Crippen molar-refractivity contribution in [3.63, 3.8) is 0 Å². The predicted octanol–water partition coefficient (Wildman–Crippen LogP) is 5.83. The van der Waals surface area contributed by atoms with Crippen LogP contribution in [0.1, 0.15) is 63.0 Å². The van der Waals surface area contributed by atoms with Crippen LogP contribution < -0.4 is 0 Å². The Hall–Kier alpha value is -0.960. The van der Waals surface area contributed by atoms with Crippen molar-refractivity contribution in [3.05, 3.63) is 34.9 Å². The second kappa shape index (κ2) is 7.95. The molecular formula is C21H30F2O. The van der Waals surface area contributed by atoms with Gasteiger partial charge in [0.05, 0.1) is 12.7 Å². The third-order valence-corrected chi connectivity index (χ3v) is 6.23. The van der Waals surface area contributed by atoms with Crippen LogP contribution in [-0.2, 0) is 11.2 Å². The Balaban J connectivity index is 1.44. The summed E-state index contributed by atoms with van der Waals surface area (Å²) in [4.78, 5) is 0. The van der Waals surface area contributed by atoms with Gasteiger partial charge >= 0.3 is 0 Å². The highest BCUT2D eigenvalue weighted by Crippen LogP contribution is 2.37. The van der Waals surface area contributed by atoms with E-state index in [1.165, 1.54) is 51.2 Å². The van der Waals surface area contributed by atoms with Crippen LogP contribution in [-0.4, -0.2) is 12.7 Å². The van der Waals surface area contributed by atoms with Crippen molar-refractivity contribution in [2.45, 2.75) is 71.3 Å². The van der Waals surface area contributed by atoms with Gasteiger partial charge in [-0.15, -0.1) is 0 Å². The van der Waals surface area contributed by atoms with E-state index in [0.29, 0.717) is 6.42 Å². The lowest BCUT2D eigenvalue weighted by atomic mass is 9.74. The molecular weight excluding hydrogens is 306 g/mol.